The molecule has 1 heterocycles. The van der Waals surface area contributed by atoms with Gasteiger partial charge >= 0.3 is 0 Å². The van der Waals surface area contributed by atoms with Gasteiger partial charge in [-0.05, 0) is 13.2 Å². The summed E-state index contributed by atoms with van der Waals surface area (Å²) >= 11 is 1.60. The molecular weight excluding hydrogens is 274 g/mol. The van der Waals surface area contributed by atoms with Crippen molar-refractivity contribution in [2.75, 3.05) is 25.7 Å². The molecule has 104 valence electrons. The zero-order valence-electron chi connectivity index (χ0n) is 10.8. The number of aliphatic hydroxyl groups is 1. The van der Waals surface area contributed by atoms with Gasteiger partial charge in [0.15, 0.2) is 0 Å². The van der Waals surface area contributed by atoms with Crippen molar-refractivity contribution in [3.05, 3.63) is 12.4 Å². The number of sulfonamides is 1. The van der Waals surface area contributed by atoms with Gasteiger partial charge in [-0.25, -0.2) is 8.42 Å². The predicted molar refractivity (Wildman–Crippen MR) is 72.1 cm³/mol. The second kappa shape index (κ2) is 6.55. The minimum absolute atomic E-state index is 0.0696. The normalized spacial score (nSPS) is 14.1. The van der Waals surface area contributed by atoms with Crippen LogP contribution in [0.25, 0.3) is 0 Å². The van der Waals surface area contributed by atoms with Crippen molar-refractivity contribution in [2.24, 2.45) is 0 Å². The van der Waals surface area contributed by atoms with E-state index in [1.54, 1.807) is 18.8 Å². The lowest BCUT2D eigenvalue weighted by Crippen LogP contribution is -2.36. The van der Waals surface area contributed by atoms with Gasteiger partial charge in [-0.15, -0.1) is 0 Å². The number of thioether (sulfide) groups is 1. The van der Waals surface area contributed by atoms with Crippen molar-refractivity contribution in [3.8, 4) is 0 Å². The van der Waals surface area contributed by atoms with Crippen LogP contribution in [0.3, 0.4) is 0 Å². The Bertz CT molecular complexity index is 472. The molecule has 0 saturated heterocycles. The van der Waals surface area contributed by atoms with Crippen LogP contribution in [0, 0.1) is 0 Å². The topological polar surface area (TPSA) is 75.4 Å². The highest BCUT2D eigenvalue weighted by atomic mass is 32.2. The van der Waals surface area contributed by atoms with Gasteiger partial charge < -0.3 is 5.11 Å². The number of hydrogen-bond acceptors (Lipinski definition) is 5. The van der Waals surface area contributed by atoms with Crippen LogP contribution >= 0.6 is 11.8 Å². The van der Waals surface area contributed by atoms with Gasteiger partial charge in [0.05, 0.1) is 19.3 Å². The maximum Gasteiger partial charge on any atom is 0.246 e. The van der Waals surface area contributed by atoms with Crippen molar-refractivity contribution in [3.63, 3.8) is 0 Å². The highest BCUT2D eigenvalue weighted by Crippen LogP contribution is 2.17. The molecule has 0 radical (unpaired) electrons. The standard InChI is InChI=1S/C10H19N3O3S2/c1-9(8-17-3)12(2)18(15,16)10-6-11-13(7-10)4-5-14/h6-7,9,14H,4-5,8H2,1-3H3. The fourth-order valence-corrected chi connectivity index (χ4v) is 3.57. The Balaban J connectivity index is 2.90. The zero-order valence-corrected chi connectivity index (χ0v) is 12.4. The Kier molecular flexibility index (Phi) is 5.64. The molecule has 0 amide bonds. The van der Waals surface area contributed by atoms with Crippen LogP contribution in [0.1, 0.15) is 6.92 Å². The maximum atomic E-state index is 12.3. The smallest absolute Gasteiger partial charge is 0.246 e. The highest BCUT2D eigenvalue weighted by Gasteiger charge is 2.26. The van der Waals surface area contributed by atoms with Crippen LogP contribution in [-0.2, 0) is 16.6 Å². The second-order valence-corrected chi connectivity index (χ2v) is 6.90. The molecule has 1 aromatic heterocycles. The minimum atomic E-state index is -3.50. The molecule has 18 heavy (non-hydrogen) atoms. The van der Waals surface area contributed by atoms with E-state index in [9.17, 15) is 8.42 Å². The van der Waals surface area contributed by atoms with Gasteiger partial charge in [0, 0.05) is 25.0 Å². The summed E-state index contributed by atoms with van der Waals surface area (Å²) in [5.41, 5.74) is 0. The molecule has 0 aromatic carbocycles. The summed E-state index contributed by atoms with van der Waals surface area (Å²) in [5, 5.41) is 12.7. The van der Waals surface area contributed by atoms with Crippen LogP contribution in [-0.4, -0.2) is 59.3 Å². The molecule has 1 rings (SSSR count). The fourth-order valence-electron chi connectivity index (χ4n) is 1.45. The van der Waals surface area contributed by atoms with Crippen molar-refractivity contribution in [1.29, 1.82) is 0 Å². The first-order chi connectivity index (χ1) is 8.43. The molecular formula is C10H19N3O3S2. The Morgan fingerprint density at radius 2 is 2.28 bits per heavy atom. The van der Waals surface area contributed by atoms with Crippen molar-refractivity contribution in [2.45, 2.75) is 24.4 Å². The van der Waals surface area contributed by atoms with E-state index in [4.69, 9.17) is 5.11 Å². The Hall–Kier alpha value is -0.570. The lowest BCUT2D eigenvalue weighted by atomic mass is 10.4. The summed E-state index contributed by atoms with van der Waals surface area (Å²) in [6.45, 7) is 2.09. The van der Waals surface area contributed by atoms with Crippen LogP contribution in [0.2, 0.25) is 0 Å². The highest BCUT2D eigenvalue weighted by molar-refractivity contribution is 7.98. The van der Waals surface area contributed by atoms with E-state index in [1.807, 2.05) is 13.2 Å². The summed E-state index contributed by atoms with van der Waals surface area (Å²) in [7, 11) is -1.93. The molecule has 1 aromatic rings. The van der Waals surface area contributed by atoms with Gasteiger partial charge in [0.1, 0.15) is 4.90 Å². The summed E-state index contributed by atoms with van der Waals surface area (Å²) in [5.74, 6) is 0.737. The average molecular weight is 293 g/mol. The second-order valence-electron chi connectivity index (χ2n) is 3.99. The van der Waals surface area contributed by atoms with Crippen LogP contribution < -0.4 is 0 Å². The van der Waals surface area contributed by atoms with E-state index in [0.29, 0.717) is 6.54 Å². The predicted octanol–water partition coefficient (Wildman–Crippen LogP) is 0.247. The molecule has 0 aliphatic rings. The zero-order chi connectivity index (χ0) is 13.8. The minimum Gasteiger partial charge on any atom is -0.394 e. The number of nitrogens with zero attached hydrogens (tertiary/aromatic N) is 3. The van der Waals surface area contributed by atoms with Crippen LogP contribution in [0.15, 0.2) is 17.3 Å². The van der Waals surface area contributed by atoms with Gasteiger partial charge in [-0.3, -0.25) is 4.68 Å². The quantitative estimate of drug-likeness (QED) is 0.780. The molecule has 0 spiro atoms. The maximum absolute atomic E-state index is 12.3. The summed E-state index contributed by atoms with van der Waals surface area (Å²) in [6, 6.07) is -0.0776. The first-order valence-electron chi connectivity index (χ1n) is 5.53. The number of hydrogen-bond donors (Lipinski definition) is 1. The molecule has 1 N–H and O–H groups in total. The average Bonchev–Trinajstić information content (AvgIpc) is 2.78. The number of aromatic nitrogens is 2. The van der Waals surface area contributed by atoms with Crippen LogP contribution in [0.4, 0.5) is 0 Å². The van der Waals surface area contributed by atoms with Gasteiger partial charge in [0.25, 0.3) is 0 Å². The van der Waals surface area contributed by atoms with E-state index in [-0.39, 0.29) is 17.5 Å². The third-order valence-electron chi connectivity index (χ3n) is 2.64. The van der Waals surface area contributed by atoms with Crippen molar-refractivity contribution in [1.82, 2.24) is 14.1 Å². The Morgan fingerprint density at radius 1 is 1.61 bits per heavy atom. The first-order valence-corrected chi connectivity index (χ1v) is 8.37. The first kappa shape index (κ1) is 15.5. The third-order valence-corrected chi connectivity index (χ3v) is 5.38. The largest absolute Gasteiger partial charge is 0.394 e. The fraction of sp³-hybridized carbons (Fsp3) is 0.700. The summed E-state index contributed by atoms with van der Waals surface area (Å²) < 4.78 is 27.3. The van der Waals surface area contributed by atoms with E-state index in [0.717, 1.165) is 5.75 Å². The lowest BCUT2D eigenvalue weighted by Gasteiger charge is -2.22. The lowest BCUT2D eigenvalue weighted by molar-refractivity contribution is 0.269. The monoisotopic (exact) mass is 293 g/mol. The van der Waals surface area contributed by atoms with E-state index in [1.165, 1.54) is 21.4 Å². The molecule has 0 aliphatic heterocycles. The Morgan fingerprint density at radius 3 is 2.83 bits per heavy atom. The molecule has 0 bridgehead atoms. The van der Waals surface area contributed by atoms with Crippen molar-refractivity contribution >= 4 is 21.8 Å². The number of rotatable bonds is 7. The summed E-state index contributed by atoms with van der Waals surface area (Å²) in [4.78, 5) is 0.159. The van der Waals surface area contributed by atoms with Crippen LogP contribution in [0.5, 0.6) is 0 Å². The van der Waals surface area contributed by atoms with Gasteiger partial charge in [-0.1, -0.05) is 0 Å². The molecule has 0 saturated carbocycles. The molecule has 1 unspecified atom stereocenters. The molecule has 8 heteroatoms. The van der Waals surface area contributed by atoms with Crippen molar-refractivity contribution < 1.29 is 13.5 Å². The number of aliphatic hydroxyl groups excluding tert-OH is 1. The van der Waals surface area contributed by atoms with Gasteiger partial charge in [-0.2, -0.15) is 21.2 Å². The summed E-state index contributed by atoms with van der Waals surface area (Å²) in [6.07, 6.45) is 4.69. The molecule has 1 atom stereocenters. The van der Waals surface area contributed by atoms with E-state index in [2.05, 4.69) is 5.10 Å². The van der Waals surface area contributed by atoms with E-state index < -0.39 is 10.0 Å². The molecule has 0 fully saturated rings. The third kappa shape index (κ3) is 3.47. The van der Waals surface area contributed by atoms with E-state index >= 15 is 0 Å². The molecule has 0 aliphatic carbocycles. The SMILES string of the molecule is CSCC(C)N(C)S(=O)(=O)c1cnn(CCO)c1. The Labute approximate surface area is 112 Å². The molecule has 6 nitrogen and oxygen atoms in total. The van der Waals surface area contributed by atoms with Gasteiger partial charge in [0.2, 0.25) is 10.0 Å².